The monoisotopic (exact) mass is 542 g/mol. The van der Waals surface area contributed by atoms with Gasteiger partial charge < -0.3 is 14.6 Å². The summed E-state index contributed by atoms with van der Waals surface area (Å²) >= 11 is 0. The molecule has 0 radical (unpaired) electrons. The molecule has 0 spiro atoms. The van der Waals surface area contributed by atoms with Crippen molar-refractivity contribution in [3.8, 4) is 0 Å². The summed E-state index contributed by atoms with van der Waals surface area (Å²) in [5.41, 5.74) is 5.42. The minimum atomic E-state index is -0.660. The number of benzene rings is 3. The molecule has 5 heteroatoms. The zero-order chi connectivity index (χ0) is 28.9. The summed E-state index contributed by atoms with van der Waals surface area (Å²) in [7, 11) is 0. The van der Waals surface area contributed by atoms with Crippen molar-refractivity contribution in [2.24, 2.45) is 5.92 Å². The van der Waals surface area contributed by atoms with Gasteiger partial charge in [0.25, 0.3) is 0 Å². The van der Waals surface area contributed by atoms with E-state index in [0.717, 1.165) is 30.2 Å². The van der Waals surface area contributed by atoms with Crippen LogP contribution in [-0.4, -0.2) is 36.9 Å². The second-order valence-corrected chi connectivity index (χ2v) is 10.6. The number of carbonyl (C=O) groups excluding carboxylic acids is 2. The Morgan fingerprint density at radius 3 is 1.88 bits per heavy atom. The van der Waals surface area contributed by atoms with Crippen LogP contribution in [0.15, 0.2) is 85.0 Å². The van der Waals surface area contributed by atoms with E-state index in [1.54, 1.807) is 6.92 Å². The van der Waals surface area contributed by atoms with Gasteiger partial charge in [-0.15, -0.1) is 0 Å². The summed E-state index contributed by atoms with van der Waals surface area (Å²) in [6, 6.07) is 21.9. The fraction of sp³-hybridized carbons (Fsp3) is 0.371. The van der Waals surface area contributed by atoms with Gasteiger partial charge in [-0.25, -0.2) is 9.59 Å². The second kappa shape index (κ2) is 15.8. The molecule has 0 bridgehead atoms. The summed E-state index contributed by atoms with van der Waals surface area (Å²) in [6.07, 6.45) is 7.48. The maximum Gasteiger partial charge on any atom is 0.335 e. The molecule has 3 rings (SSSR count). The Bertz CT molecular complexity index is 1310. The second-order valence-electron chi connectivity index (χ2n) is 10.6. The van der Waals surface area contributed by atoms with Crippen LogP contribution < -0.4 is 0 Å². The van der Waals surface area contributed by atoms with Gasteiger partial charge >= 0.3 is 11.9 Å². The highest BCUT2D eigenvalue weighted by Gasteiger charge is 2.17. The molecule has 0 amide bonds. The van der Waals surface area contributed by atoms with Gasteiger partial charge in [0, 0.05) is 11.5 Å². The number of hydrogen-bond acceptors (Lipinski definition) is 5. The first-order valence-corrected chi connectivity index (χ1v) is 14.2. The van der Waals surface area contributed by atoms with Crippen LogP contribution in [-0.2, 0) is 44.7 Å². The topological polar surface area (TPSA) is 72.8 Å². The zero-order valence-electron chi connectivity index (χ0n) is 23.9. The molecule has 0 aliphatic heterocycles. The summed E-state index contributed by atoms with van der Waals surface area (Å²) in [6.45, 7) is 10.6. The summed E-state index contributed by atoms with van der Waals surface area (Å²) in [5.74, 6) is -1.40. The summed E-state index contributed by atoms with van der Waals surface area (Å²) < 4.78 is 10.7. The number of hydrogen-bond donors (Lipinski definition) is 1. The molecule has 0 saturated heterocycles. The highest BCUT2D eigenvalue weighted by Crippen LogP contribution is 2.22. The largest absolute Gasteiger partial charge is 0.462 e. The third kappa shape index (κ3) is 9.80. The number of aliphatic hydroxyl groups excluding tert-OH is 1. The van der Waals surface area contributed by atoms with Crippen LogP contribution in [0.2, 0.25) is 0 Å². The lowest BCUT2D eigenvalue weighted by Gasteiger charge is -2.18. The molecule has 0 aliphatic carbocycles. The zero-order valence-corrected chi connectivity index (χ0v) is 23.9. The molecule has 0 aliphatic rings. The van der Waals surface area contributed by atoms with E-state index in [1.165, 1.54) is 41.3 Å². The van der Waals surface area contributed by atoms with E-state index in [4.69, 9.17) is 14.6 Å². The highest BCUT2D eigenvalue weighted by atomic mass is 16.5. The Morgan fingerprint density at radius 2 is 1.27 bits per heavy atom. The van der Waals surface area contributed by atoms with Crippen molar-refractivity contribution in [1.29, 1.82) is 0 Å². The number of rotatable bonds is 16. The van der Waals surface area contributed by atoms with Crippen molar-refractivity contribution in [2.75, 3.05) is 19.8 Å². The molecule has 40 heavy (non-hydrogen) atoms. The van der Waals surface area contributed by atoms with E-state index in [0.29, 0.717) is 12.0 Å². The average molecular weight is 543 g/mol. The Balaban J connectivity index is 1.62. The Hall–Kier alpha value is -3.70. The number of ether oxygens (including phenoxy) is 2. The summed E-state index contributed by atoms with van der Waals surface area (Å²) in [5, 5.41) is 11.4. The fourth-order valence-corrected chi connectivity index (χ4v) is 4.54. The van der Waals surface area contributed by atoms with E-state index >= 15 is 0 Å². The van der Waals surface area contributed by atoms with Gasteiger partial charge in [0.2, 0.25) is 0 Å². The van der Waals surface area contributed by atoms with Crippen LogP contribution in [0.3, 0.4) is 0 Å². The molecule has 0 saturated carbocycles. The predicted octanol–water partition coefficient (Wildman–Crippen LogP) is 6.73. The molecular weight excluding hydrogens is 500 g/mol. The van der Waals surface area contributed by atoms with E-state index in [1.807, 2.05) is 0 Å². The normalized spacial score (nSPS) is 11.7. The molecule has 5 nitrogen and oxygen atoms in total. The standard InChI is InChI=1S/C35H42O5/c1-5-6-7-8-27-9-11-28(12-10-27)13-14-29-15-17-33-21-30(16-18-32(33)20-29)19-31(23-39-34(37)25(2)3)24-40-35(38)26(4)22-36/h9-12,15-18,20-21,31,36H,2,4-8,13-14,19,22-24H2,1,3H3. The van der Waals surface area contributed by atoms with E-state index in [2.05, 4.69) is 80.7 Å². The molecule has 1 atom stereocenters. The van der Waals surface area contributed by atoms with Crippen molar-refractivity contribution in [1.82, 2.24) is 0 Å². The minimum Gasteiger partial charge on any atom is -0.462 e. The number of carbonyl (C=O) groups is 2. The lowest BCUT2D eigenvalue weighted by Crippen LogP contribution is -2.24. The van der Waals surface area contributed by atoms with Crippen LogP contribution in [0.25, 0.3) is 10.8 Å². The number of fused-ring (bicyclic) bond motifs is 1. The number of aryl methyl sites for hydroxylation is 3. The minimum absolute atomic E-state index is 0.0152. The van der Waals surface area contributed by atoms with Crippen molar-refractivity contribution >= 4 is 22.7 Å². The molecule has 0 heterocycles. The molecule has 1 N–H and O–H groups in total. The van der Waals surface area contributed by atoms with Crippen molar-refractivity contribution in [3.05, 3.63) is 107 Å². The quantitative estimate of drug-likeness (QED) is 0.123. The predicted molar refractivity (Wildman–Crippen MR) is 161 cm³/mol. The van der Waals surface area contributed by atoms with Gasteiger partial charge in [-0.05, 0) is 72.1 Å². The van der Waals surface area contributed by atoms with Gasteiger partial charge in [-0.1, -0.05) is 93.6 Å². The maximum atomic E-state index is 12.0. The molecule has 212 valence electrons. The van der Waals surface area contributed by atoms with Gasteiger partial charge in [0.15, 0.2) is 0 Å². The first-order valence-electron chi connectivity index (χ1n) is 14.2. The Labute approximate surface area is 238 Å². The SMILES string of the molecule is C=C(C)C(=O)OCC(COC(=O)C(=C)CO)Cc1ccc2cc(CCc3ccc(CCCCC)cc3)ccc2c1. The lowest BCUT2D eigenvalue weighted by molar-refractivity contribution is -0.144. The Morgan fingerprint density at radius 1 is 0.750 bits per heavy atom. The first kappa shape index (κ1) is 30.8. The van der Waals surface area contributed by atoms with E-state index < -0.39 is 18.5 Å². The highest BCUT2D eigenvalue weighted by molar-refractivity contribution is 5.88. The molecule has 1 unspecified atom stereocenters. The number of esters is 2. The number of unbranched alkanes of at least 4 members (excludes halogenated alkanes) is 2. The fourth-order valence-electron chi connectivity index (χ4n) is 4.54. The third-order valence-electron chi connectivity index (χ3n) is 7.02. The molecule has 3 aromatic rings. The Kier molecular flexibility index (Phi) is 12.2. The van der Waals surface area contributed by atoms with Crippen LogP contribution in [0.5, 0.6) is 0 Å². The average Bonchev–Trinajstić information content (AvgIpc) is 2.97. The van der Waals surface area contributed by atoms with E-state index in [-0.39, 0.29) is 24.7 Å². The van der Waals surface area contributed by atoms with Crippen LogP contribution in [0.1, 0.15) is 55.4 Å². The van der Waals surface area contributed by atoms with Crippen molar-refractivity contribution in [2.45, 2.75) is 58.8 Å². The number of aliphatic hydroxyl groups is 1. The van der Waals surface area contributed by atoms with Gasteiger partial charge in [-0.2, -0.15) is 0 Å². The first-order chi connectivity index (χ1) is 19.3. The molecule has 0 fully saturated rings. The lowest BCUT2D eigenvalue weighted by atomic mass is 9.96. The van der Waals surface area contributed by atoms with E-state index in [9.17, 15) is 9.59 Å². The van der Waals surface area contributed by atoms with Crippen LogP contribution in [0.4, 0.5) is 0 Å². The van der Waals surface area contributed by atoms with Gasteiger partial charge in [0.05, 0.1) is 25.4 Å². The van der Waals surface area contributed by atoms with Crippen LogP contribution in [0, 0.1) is 5.92 Å². The van der Waals surface area contributed by atoms with Crippen molar-refractivity contribution in [3.63, 3.8) is 0 Å². The summed E-state index contributed by atoms with van der Waals surface area (Å²) in [4.78, 5) is 23.9. The molecule has 0 aromatic heterocycles. The van der Waals surface area contributed by atoms with Gasteiger partial charge in [0.1, 0.15) is 0 Å². The van der Waals surface area contributed by atoms with Crippen LogP contribution >= 0.6 is 0 Å². The maximum absolute atomic E-state index is 12.0. The molecule has 3 aromatic carbocycles. The smallest absolute Gasteiger partial charge is 0.335 e. The molecular formula is C35H42O5. The third-order valence-corrected chi connectivity index (χ3v) is 7.02. The van der Waals surface area contributed by atoms with Gasteiger partial charge in [-0.3, -0.25) is 0 Å². The van der Waals surface area contributed by atoms with Crippen molar-refractivity contribution < 1.29 is 24.2 Å².